The van der Waals surface area contributed by atoms with E-state index >= 15 is 0 Å². The summed E-state index contributed by atoms with van der Waals surface area (Å²) in [6.45, 7) is -0.286. The number of esters is 2. The van der Waals surface area contributed by atoms with Gasteiger partial charge >= 0.3 is 17.9 Å². The molecule has 10 heteroatoms. The van der Waals surface area contributed by atoms with E-state index < -0.39 is 83.9 Å². The van der Waals surface area contributed by atoms with Crippen LogP contribution in [0.3, 0.4) is 0 Å². The molecule has 0 unspecified atom stereocenters. The lowest BCUT2D eigenvalue weighted by atomic mass is 9.99. The minimum Gasteiger partial charge on any atom is -0.479 e. The number of hydrogen-bond donors (Lipinski definition) is 4. The lowest BCUT2D eigenvalue weighted by Crippen LogP contribution is -2.60. The van der Waals surface area contributed by atoms with Crippen LogP contribution in [0.5, 0.6) is 0 Å². The van der Waals surface area contributed by atoms with Crippen LogP contribution in [0.1, 0.15) is 31.8 Å². The molecule has 1 heterocycles. The summed E-state index contributed by atoms with van der Waals surface area (Å²) in [6, 6.07) is 4.73. The zero-order chi connectivity index (χ0) is 26.0. The lowest BCUT2D eigenvalue weighted by Gasteiger charge is -2.37. The highest BCUT2D eigenvalue weighted by Crippen LogP contribution is 2.24. The zero-order valence-corrected chi connectivity index (χ0v) is 15.7. The van der Waals surface area contributed by atoms with Gasteiger partial charge in [0.1, 0.15) is 24.9 Å². The van der Waals surface area contributed by atoms with E-state index in [0.717, 1.165) is 0 Å². The first-order valence-corrected chi connectivity index (χ1v) is 8.90. The van der Waals surface area contributed by atoms with Crippen molar-refractivity contribution in [1.29, 1.82) is 0 Å². The van der Waals surface area contributed by atoms with E-state index in [0.29, 0.717) is 5.56 Å². The second kappa shape index (κ2) is 9.67. The summed E-state index contributed by atoms with van der Waals surface area (Å²) in [5.41, 5.74) is -1.27. The molecule has 2 aromatic rings. The average molecular weight is 436 g/mol. The molecule has 3 rings (SSSR count). The molecule has 2 aromatic carbocycles. The number of carbonyl (C=O) groups is 3. The van der Waals surface area contributed by atoms with E-state index in [9.17, 15) is 29.7 Å². The largest absolute Gasteiger partial charge is 0.479 e. The number of aliphatic hydroxyl groups excluding tert-OH is 3. The summed E-state index contributed by atoms with van der Waals surface area (Å²) in [5, 5.41) is 38.8. The van der Waals surface area contributed by atoms with Gasteiger partial charge in [-0.1, -0.05) is 42.4 Å². The van der Waals surface area contributed by atoms with Crippen LogP contribution in [0, 0.1) is 0 Å². The van der Waals surface area contributed by atoms with Gasteiger partial charge in [-0.3, -0.25) is 0 Å². The van der Waals surface area contributed by atoms with Gasteiger partial charge in [-0.15, -0.1) is 0 Å². The molecule has 1 fully saturated rings. The Morgan fingerprint density at radius 1 is 0.935 bits per heavy atom. The van der Waals surface area contributed by atoms with E-state index in [4.69, 9.17) is 24.8 Å². The topological polar surface area (TPSA) is 160 Å². The number of aliphatic hydroxyl groups is 3. The first-order chi connectivity index (χ1) is 16.5. The molecule has 0 aliphatic carbocycles. The molecule has 0 aromatic heterocycles. The van der Waals surface area contributed by atoms with Gasteiger partial charge in [0.05, 0.1) is 16.6 Å². The van der Waals surface area contributed by atoms with E-state index in [2.05, 4.69) is 0 Å². The molecule has 1 aliphatic rings. The Balaban J connectivity index is 1.95. The fourth-order valence-electron chi connectivity index (χ4n) is 2.73. The molecule has 0 saturated carbocycles. The fraction of sp³-hybridized carbons (Fsp3) is 0.286. The van der Waals surface area contributed by atoms with Crippen LogP contribution in [-0.4, -0.2) is 69.0 Å². The second-order valence-corrected chi connectivity index (χ2v) is 6.45. The molecule has 10 nitrogen and oxygen atoms in total. The van der Waals surface area contributed by atoms with E-state index in [1.165, 1.54) is 0 Å². The van der Waals surface area contributed by atoms with Crippen LogP contribution in [0.25, 0.3) is 0 Å². The van der Waals surface area contributed by atoms with Crippen molar-refractivity contribution in [2.24, 2.45) is 0 Å². The maximum absolute atomic E-state index is 12.9. The lowest BCUT2D eigenvalue weighted by molar-refractivity contribution is -0.278. The molecule has 0 amide bonds. The Bertz CT molecular complexity index is 1140. The Labute approximate surface area is 181 Å². The molecular weight excluding hydrogens is 412 g/mol. The van der Waals surface area contributed by atoms with Gasteiger partial charge in [0, 0.05) is 0 Å². The van der Waals surface area contributed by atoms with Crippen molar-refractivity contribution >= 4 is 17.9 Å². The van der Waals surface area contributed by atoms with Gasteiger partial charge in [0.2, 0.25) is 6.29 Å². The van der Waals surface area contributed by atoms with Crippen molar-refractivity contribution in [1.82, 2.24) is 0 Å². The first-order valence-electron chi connectivity index (χ1n) is 10.9. The van der Waals surface area contributed by atoms with Crippen molar-refractivity contribution in [2.45, 2.75) is 37.3 Å². The van der Waals surface area contributed by atoms with Crippen LogP contribution >= 0.6 is 0 Å². The zero-order valence-electron chi connectivity index (χ0n) is 19.7. The van der Waals surface area contributed by atoms with Crippen LogP contribution in [0.2, 0.25) is 0 Å². The molecule has 1 saturated heterocycles. The van der Waals surface area contributed by atoms with Crippen LogP contribution in [-0.2, 0) is 25.6 Å². The van der Waals surface area contributed by atoms with Crippen molar-refractivity contribution < 1.29 is 54.5 Å². The number of ether oxygens (including phenoxy) is 3. The Hall–Kier alpha value is -3.31. The molecular formula is C21H20O10. The van der Waals surface area contributed by atoms with Gasteiger partial charge in [-0.2, -0.15) is 0 Å². The van der Waals surface area contributed by atoms with Crippen LogP contribution in [0.4, 0.5) is 0 Å². The molecule has 1 aliphatic heterocycles. The van der Waals surface area contributed by atoms with Gasteiger partial charge in [-0.25, -0.2) is 14.4 Å². The summed E-state index contributed by atoms with van der Waals surface area (Å²) in [6.07, 6.45) is -10.5. The van der Waals surface area contributed by atoms with Gasteiger partial charge in [0.25, 0.3) is 0 Å². The fourth-order valence-corrected chi connectivity index (χ4v) is 2.73. The molecule has 5 atom stereocenters. The third kappa shape index (κ3) is 5.06. The van der Waals surface area contributed by atoms with Crippen LogP contribution < -0.4 is 0 Å². The number of carboxylic acids is 1. The standard InChI is InChI=1S/C21H20O10/c22-14-15(23)17(18(25)26)30-21(16(14)24)31-20(28)13-9-5-4-8-12(13)19(27)29-10-11-6-2-1-3-7-11/h1-9,14-17,21-24H,10H2,(H,25,26)/t14-,15-,16+,17-,21-/m0/s1/i4D,5D,8D,9D. The predicted octanol–water partition coefficient (Wildman–Crippen LogP) is 0.0926. The molecule has 0 bridgehead atoms. The minimum absolute atomic E-state index is 0.286. The summed E-state index contributed by atoms with van der Waals surface area (Å²) >= 11 is 0. The minimum atomic E-state index is -2.16. The second-order valence-electron chi connectivity index (χ2n) is 6.45. The maximum Gasteiger partial charge on any atom is 0.341 e. The smallest absolute Gasteiger partial charge is 0.341 e. The maximum atomic E-state index is 12.9. The Kier molecular flexibility index (Phi) is 5.42. The molecule has 31 heavy (non-hydrogen) atoms. The van der Waals surface area contributed by atoms with Gasteiger partial charge in [-0.05, 0) is 17.6 Å². The molecule has 164 valence electrons. The SMILES string of the molecule is [2H]c1c([2H])c([2H])c(C(=O)O[C@@H]2O[C@H](C(=O)O)[C@@H](O)[C@H](O)[C@H]2O)c(C(=O)OCc2ccccc2)c1[2H]. The van der Waals surface area contributed by atoms with Crippen molar-refractivity contribution in [3.05, 3.63) is 71.2 Å². The number of aliphatic carboxylic acids is 1. The average Bonchev–Trinajstić information content (AvgIpc) is 2.83. The molecule has 0 radical (unpaired) electrons. The van der Waals surface area contributed by atoms with E-state index in [1.54, 1.807) is 30.3 Å². The van der Waals surface area contributed by atoms with Crippen LogP contribution in [0.15, 0.2) is 54.5 Å². The number of rotatable bonds is 6. The van der Waals surface area contributed by atoms with E-state index in [-0.39, 0.29) is 6.61 Å². The Morgan fingerprint density at radius 2 is 1.55 bits per heavy atom. The van der Waals surface area contributed by atoms with E-state index in [1.807, 2.05) is 0 Å². The third-order valence-corrected chi connectivity index (χ3v) is 4.34. The van der Waals surface area contributed by atoms with Crippen molar-refractivity contribution in [3.8, 4) is 0 Å². The van der Waals surface area contributed by atoms with Gasteiger partial charge < -0.3 is 34.6 Å². The highest BCUT2D eigenvalue weighted by atomic mass is 16.7. The molecule has 4 N–H and O–H groups in total. The number of carboxylic acid groups (broad SMARTS) is 1. The highest BCUT2D eigenvalue weighted by Gasteiger charge is 2.48. The number of hydrogen-bond acceptors (Lipinski definition) is 9. The monoisotopic (exact) mass is 436 g/mol. The summed E-state index contributed by atoms with van der Waals surface area (Å²) in [4.78, 5) is 36.9. The summed E-state index contributed by atoms with van der Waals surface area (Å²) < 4.78 is 46.6. The van der Waals surface area contributed by atoms with Crippen molar-refractivity contribution in [3.63, 3.8) is 0 Å². The number of benzene rings is 2. The normalized spacial score (nSPS) is 27.3. The summed E-state index contributed by atoms with van der Waals surface area (Å²) in [7, 11) is 0. The first kappa shape index (κ1) is 17.4. The quantitative estimate of drug-likeness (QED) is 0.457. The summed E-state index contributed by atoms with van der Waals surface area (Å²) in [5.74, 6) is -4.62. The third-order valence-electron chi connectivity index (χ3n) is 4.34. The van der Waals surface area contributed by atoms with Gasteiger partial charge in [0.15, 0.2) is 6.10 Å². The molecule has 0 spiro atoms. The number of carbonyl (C=O) groups excluding carboxylic acids is 2. The Morgan fingerprint density at radius 3 is 2.16 bits per heavy atom. The highest BCUT2D eigenvalue weighted by molar-refractivity contribution is 6.03. The van der Waals surface area contributed by atoms with Crippen molar-refractivity contribution in [2.75, 3.05) is 0 Å². The predicted molar refractivity (Wildman–Crippen MR) is 102 cm³/mol.